The molecule has 0 aromatic rings. The molecule has 0 aliphatic carbocycles. The van der Waals surface area contributed by atoms with E-state index in [1.807, 2.05) is 0 Å². The van der Waals surface area contributed by atoms with E-state index in [1.165, 1.54) is 0 Å². The fraction of sp³-hybridized carbons (Fsp3) is 1.00. The van der Waals surface area contributed by atoms with E-state index in [0.29, 0.717) is 12.2 Å². The molecule has 2 aliphatic heterocycles. The van der Waals surface area contributed by atoms with Crippen molar-refractivity contribution < 1.29 is 59.5 Å². The first-order valence-corrected chi connectivity index (χ1v) is 5.39. The number of aliphatic hydroxyl groups is 2. The van der Waals surface area contributed by atoms with Gasteiger partial charge in [-0.2, -0.15) is 0 Å². The van der Waals surface area contributed by atoms with Crippen molar-refractivity contribution in [3.05, 3.63) is 0 Å². The fourth-order valence-electron chi connectivity index (χ4n) is 0.883. The largest absolute Gasteiger partial charge is 1.00 e. The van der Waals surface area contributed by atoms with Crippen LogP contribution in [0.15, 0.2) is 0 Å². The summed E-state index contributed by atoms with van der Waals surface area (Å²) in [6.07, 6.45) is 2.22. The van der Waals surface area contributed by atoms with Gasteiger partial charge >= 0.3 is 29.6 Å². The van der Waals surface area contributed by atoms with Crippen molar-refractivity contribution in [3.63, 3.8) is 0 Å². The SMILES string of the molecule is C(OCC1CO1)C1CO1.OCCCCO.[Na+].[OH-]. The Kier molecular flexibility index (Phi) is 15.6. The quantitative estimate of drug-likeness (QED) is 0.278. The Morgan fingerprint density at radius 1 is 0.941 bits per heavy atom. The van der Waals surface area contributed by atoms with E-state index in [2.05, 4.69) is 0 Å². The van der Waals surface area contributed by atoms with E-state index in [4.69, 9.17) is 24.4 Å². The molecule has 2 saturated heterocycles. The van der Waals surface area contributed by atoms with Crippen LogP contribution in [0.4, 0.5) is 0 Å². The first-order chi connectivity index (χ1) is 7.36. The number of aliphatic hydroxyl groups excluding tert-OH is 2. The van der Waals surface area contributed by atoms with Gasteiger partial charge in [0.15, 0.2) is 0 Å². The second-order valence-electron chi connectivity index (χ2n) is 3.60. The molecule has 98 valence electrons. The van der Waals surface area contributed by atoms with Crippen LogP contribution in [0.3, 0.4) is 0 Å². The summed E-state index contributed by atoms with van der Waals surface area (Å²) in [5.74, 6) is 0. The van der Waals surface area contributed by atoms with Crippen LogP contribution in [0.5, 0.6) is 0 Å². The van der Waals surface area contributed by atoms with E-state index in [-0.39, 0.29) is 48.2 Å². The molecule has 3 N–H and O–H groups in total. The third kappa shape index (κ3) is 14.7. The van der Waals surface area contributed by atoms with Gasteiger partial charge in [0.25, 0.3) is 0 Å². The van der Waals surface area contributed by atoms with Crippen LogP contribution in [0.25, 0.3) is 0 Å². The molecule has 6 nitrogen and oxygen atoms in total. The molecule has 17 heavy (non-hydrogen) atoms. The molecule has 0 aromatic heterocycles. The zero-order chi connectivity index (χ0) is 10.9. The van der Waals surface area contributed by atoms with E-state index < -0.39 is 0 Å². The summed E-state index contributed by atoms with van der Waals surface area (Å²) in [6, 6.07) is 0. The molecule has 0 spiro atoms. The van der Waals surface area contributed by atoms with Crippen molar-refractivity contribution in [2.75, 3.05) is 39.6 Å². The summed E-state index contributed by atoms with van der Waals surface area (Å²) >= 11 is 0. The molecule has 7 heteroatoms. The minimum absolute atomic E-state index is 0. The van der Waals surface area contributed by atoms with Crippen molar-refractivity contribution in [1.82, 2.24) is 0 Å². The number of ether oxygens (including phenoxy) is 3. The van der Waals surface area contributed by atoms with Crippen LogP contribution in [0, 0.1) is 0 Å². The molecule has 0 amide bonds. The average molecular weight is 260 g/mol. The Morgan fingerprint density at radius 3 is 1.53 bits per heavy atom. The normalized spacial score (nSPS) is 23.6. The topological polar surface area (TPSA) is 105 Å². The van der Waals surface area contributed by atoms with Crippen LogP contribution >= 0.6 is 0 Å². The summed E-state index contributed by atoms with van der Waals surface area (Å²) in [4.78, 5) is 0. The monoisotopic (exact) mass is 260 g/mol. The third-order valence-electron chi connectivity index (χ3n) is 1.98. The minimum atomic E-state index is 0. The van der Waals surface area contributed by atoms with Gasteiger partial charge in [-0.15, -0.1) is 0 Å². The van der Waals surface area contributed by atoms with E-state index >= 15 is 0 Å². The Balaban J connectivity index is 0. The zero-order valence-electron chi connectivity index (χ0n) is 10.4. The van der Waals surface area contributed by atoms with Crippen molar-refractivity contribution in [2.24, 2.45) is 0 Å². The molecule has 2 atom stereocenters. The fourth-order valence-corrected chi connectivity index (χ4v) is 0.883. The van der Waals surface area contributed by atoms with E-state index in [1.54, 1.807) is 0 Å². The second-order valence-corrected chi connectivity index (χ2v) is 3.60. The second kappa shape index (κ2) is 13.2. The van der Waals surface area contributed by atoms with Gasteiger partial charge in [-0.3, -0.25) is 0 Å². The van der Waals surface area contributed by atoms with E-state index in [9.17, 15) is 0 Å². The molecule has 2 rings (SSSR count). The average Bonchev–Trinajstić information content (AvgIpc) is 3.08. The maximum absolute atomic E-state index is 8.09. The summed E-state index contributed by atoms with van der Waals surface area (Å²) in [5.41, 5.74) is 0. The van der Waals surface area contributed by atoms with Gasteiger partial charge in [0.05, 0.1) is 26.4 Å². The van der Waals surface area contributed by atoms with Gasteiger partial charge in [0.1, 0.15) is 12.2 Å². The van der Waals surface area contributed by atoms with Gasteiger partial charge in [-0.25, -0.2) is 0 Å². The first kappa shape index (κ1) is 20.1. The van der Waals surface area contributed by atoms with Gasteiger partial charge < -0.3 is 29.9 Å². The summed E-state index contributed by atoms with van der Waals surface area (Å²) < 4.78 is 15.1. The maximum atomic E-state index is 8.09. The van der Waals surface area contributed by atoms with Crippen molar-refractivity contribution in [1.29, 1.82) is 0 Å². The van der Waals surface area contributed by atoms with Crippen LogP contribution in [-0.4, -0.2) is 67.5 Å². The molecular weight excluding hydrogens is 239 g/mol. The van der Waals surface area contributed by atoms with Crippen LogP contribution in [-0.2, 0) is 14.2 Å². The molecule has 2 fully saturated rings. The van der Waals surface area contributed by atoms with Gasteiger partial charge in [-0.1, -0.05) is 0 Å². The van der Waals surface area contributed by atoms with Gasteiger partial charge in [-0.05, 0) is 12.8 Å². The number of unbranched alkanes of at least 4 members (excludes halogenated alkanes) is 1. The molecule has 0 saturated carbocycles. The smallest absolute Gasteiger partial charge is 0.870 e. The summed E-state index contributed by atoms with van der Waals surface area (Å²) in [6.45, 7) is 3.65. The Bertz CT molecular complexity index is 136. The predicted molar refractivity (Wildman–Crippen MR) is 55.6 cm³/mol. The Hall–Kier alpha value is 0.760. The van der Waals surface area contributed by atoms with Gasteiger partial charge in [0.2, 0.25) is 0 Å². The van der Waals surface area contributed by atoms with Gasteiger partial charge in [0, 0.05) is 13.2 Å². The van der Waals surface area contributed by atoms with Crippen LogP contribution in [0.1, 0.15) is 12.8 Å². The molecular formula is C10H21NaO6. The number of hydrogen-bond acceptors (Lipinski definition) is 6. The number of rotatable bonds is 7. The number of hydrogen-bond donors (Lipinski definition) is 2. The zero-order valence-corrected chi connectivity index (χ0v) is 12.4. The van der Waals surface area contributed by atoms with Crippen molar-refractivity contribution in [3.8, 4) is 0 Å². The minimum Gasteiger partial charge on any atom is -0.870 e. The molecule has 0 bridgehead atoms. The number of epoxide rings is 2. The molecule has 2 heterocycles. The molecule has 2 aliphatic rings. The van der Waals surface area contributed by atoms with Crippen molar-refractivity contribution in [2.45, 2.75) is 25.0 Å². The van der Waals surface area contributed by atoms with E-state index in [0.717, 1.165) is 39.3 Å². The predicted octanol–water partition coefficient (Wildman–Crippen LogP) is -3.62. The Labute approximate surface area is 124 Å². The molecule has 0 radical (unpaired) electrons. The third-order valence-corrected chi connectivity index (χ3v) is 1.98. The molecule has 0 aromatic carbocycles. The Morgan fingerprint density at radius 2 is 1.29 bits per heavy atom. The standard InChI is InChI=1S/C6H10O3.C4H10O2.Na.H2O/c1(5-3-8-5)7-2-6-4-9-6;5-3-1-2-4-6;;/h5-6H,1-4H2;5-6H,1-4H2;;1H2/q;;+1;/p-1. The van der Waals surface area contributed by atoms with Crippen LogP contribution in [0.2, 0.25) is 0 Å². The summed E-state index contributed by atoms with van der Waals surface area (Å²) in [5, 5.41) is 16.2. The molecule has 2 unspecified atom stereocenters. The maximum Gasteiger partial charge on any atom is 1.00 e. The van der Waals surface area contributed by atoms with Crippen molar-refractivity contribution >= 4 is 0 Å². The first-order valence-electron chi connectivity index (χ1n) is 5.39. The summed E-state index contributed by atoms with van der Waals surface area (Å²) in [7, 11) is 0. The van der Waals surface area contributed by atoms with Crippen LogP contribution < -0.4 is 29.6 Å².